The molecule has 2 N–H and O–H groups in total. The highest BCUT2D eigenvalue weighted by atomic mass is 35.5. The van der Waals surface area contributed by atoms with Crippen molar-refractivity contribution in [3.63, 3.8) is 0 Å². The number of thiophene rings is 1. The SMILES string of the molecule is CC1(C(=O)NC2CCCc3sccc32)CCCNC1.Cl. The molecular formula is C15H23ClN2OS. The monoisotopic (exact) mass is 314 g/mol. The Hall–Kier alpha value is -0.580. The molecule has 1 aliphatic carbocycles. The number of rotatable bonds is 2. The number of halogens is 1. The van der Waals surface area contributed by atoms with E-state index in [1.807, 2.05) is 11.3 Å². The standard InChI is InChI=1S/C15H22N2OS.ClH/c1-15(7-3-8-16-10-15)14(18)17-12-4-2-5-13-11(12)6-9-19-13;/h6,9,12,16H,2-5,7-8,10H2,1H3,(H,17,18);1H. The highest BCUT2D eigenvalue weighted by Crippen LogP contribution is 2.34. The summed E-state index contributed by atoms with van der Waals surface area (Å²) in [6.07, 6.45) is 5.54. The fraction of sp³-hybridized carbons (Fsp3) is 0.667. The maximum absolute atomic E-state index is 12.6. The molecule has 0 radical (unpaired) electrons. The van der Waals surface area contributed by atoms with Crippen LogP contribution in [0.25, 0.3) is 0 Å². The molecule has 3 nitrogen and oxygen atoms in total. The van der Waals surface area contributed by atoms with Crippen LogP contribution in [0.4, 0.5) is 0 Å². The Morgan fingerprint density at radius 1 is 1.50 bits per heavy atom. The largest absolute Gasteiger partial charge is 0.349 e. The zero-order valence-corrected chi connectivity index (χ0v) is 13.5. The van der Waals surface area contributed by atoms with E-state index in [1.165, 1.54) is 23.3 Å². The van der Waals surface area contributed by atoms with Crippen molar-refractivity contribution in [2.75, 3.05) is 13.1 Å². The van der Waals surface area contributed by atoms with E-state index < -0.39 is 0 Å². The minimum atomic E-state index is -0.230. The maximum atomic E-state index is 12.6. The Bertz CT molecular complexity index is 468. The average Bonchev–Trinajstić information content (AvgIpc) is 2.89. The molecule has 1 fully saturated rings. The lowest BCUT2D eigenvalue weighted by Crippen LogP contribution is -2.49. The molecule has 2 heterocycles. The van der Waals surface area contributed by atoms with Crippen LogP contribution in [0.5, 0.6) is 0 Å². The van der Waals surface area contributed by atoms with E-state index in [4.69, 9.17) is 0 Å². The van der Waals surface area contributed by atoms with Crippen LogP contribution in [0.2, 0.25) is 0 Å². The van der Waals surface area contributed by atoms with Crippen LogP contribution in [-0.4, -0.2) is 19.0 Å². The van der Waals surface area contributed by atoms with Crippen LogP contribution in [0, 0.1) is 5.41 Å². The number of nitrogens with one attached hydrogen (secondary N) is 2. The molecule has 1 aliphatic heterocycles. The Morgan fingerprint density at radius 2 is 2.35 bits per heavy atom. The van der Waals surface area contributed by atoms with E-state index in [0.29, 0.717) is 0 Å². The molecule has 1 saturated heterocycles. The molecule has 1 amide bonds. The lowest BCUT2D eigenvalue weighted by atomic mass is 9.81. The van der Waals surface area contributed by atoms with E-state index in [0.717, 1.165) is 32.4 Å². The summed E-state index contributed by atoms with van der Waals surface area (Å²) in [5.74, 6) is 0.226. The molecule has 1 aromatic rings. The summed E-state index contributed by atoms with van der Waals surface area (Å²) in [7, 11) is 0. The number of carbonyl (C=O) groups excluding carboxylic acids is 1. The van der Waals surface area contributed by atoms with Gasteiger partial charge in [-0.2, -0.15) is 0 Å². The number of carbonyl (C=O) groups is 1. The van der Waals surface area contributed by atoms with Gasteiger partial charge in [0, 0.05) is 11.4 Å². The summed E-state index contributed by atoms with van der Waals surface area (Å²) < 4.78 is 0. The van der Waals surface area contributed by atoms with Gasteiger partial charge in [-0.05, 0) is 62.6 Å². The molecule has 0 aromatic carbocycles. The van der Waals surface area contributed by atoms with Gasteiger partial charge in [0.1, 0.15) is 0 Å². The van der Waals surface area contributed by atoms with Gasteiger partial charge in [-0.3, -0.25) is 4.79 Å². The predicted molar refractivity (Wildman–Crippen MR) is 85.6 cm³/mol. The summed E-state index contributed by atoms with van der Waals surface area (Å²) in [6.45, 7) is 3.94. The number of aryl methyl sites for hydroxylation is 1. The predicted octanol–water partition coefficient (Wildman–Crippen LogP) is 3.05. The molecule has 20 heavy (non-hydrogen) atoms. The van der Waals surface area contributed by atoms with Crippen LogP contribution in [-0.2, 0) is 11.2 Å². The second-order valence-corrected chi connectivity index (χ2v) is 7.06. The second-order valence-electron chi connectivity index (χ2n) is 6.06. The quantitative estimate of drug-likeness (QED) is 0.881. The number of hydrogen-bond acceptors (Lipinski definition) is 3. The lowest BCUT2D eigenvalue weighted by molar-refractivity contribution is -0.132. The Labute approximate surface area is 130 Å². The summed E-state index contributed by atoms with van der Waals surface area (Å²) in [6, 6.07) is 2.42. The van der Waals surface area contributed by atoms with Crippen molar-refractivity contribution < 1.29 is 4.79 Å². The first-order valence-corrected chi connectivity index (χ1v) is 8.15. The van der Waals surface area contributed by atoms with Gasteiger partial charge in [-0.15, -0.1) is 23.7 Å². The molecular weight excluding hydrogens is 292 g/mol. The maximum Gasteiger partial charge on any atom is 0.227 e. The minimum absolute atomic E-state index is 0. The zero-order chi connectivity index (χ0) is 13.3. The van der Waals surface area contributed by atoms with Crippen molar-refractivity contribution in [3.05, 3.63) is 21.9 Å². The normalized spacial score (nSPS) is 29.1. The van der Waals surface area contributed by atoms with E-state index in [2.05, 4.69) is 29.0 Å². The van der Waals surface area contributed by atoms with Gasteiger partial charge in [-0.1, -0.05) is 0 Å². The average molecular weight is 315 g/mol. The third kappa shape index (κ3) is 3.02. The molecule has 3 rings (SSSR count). The van der Waals surface area contributed by atoms with Crippen molar-refractivity contribution >= 4 is 29.7 Å². The molecule has 2 atom stereocenters. The number of amides is 1. The van der Waals surface area contributed by atoms with Gasteiger partial charge in [0.15, 0.2) is 0 Å². The van der Waals surface area contributed by atoms with Crippen LogP contribution < -0.4 is 10.6 Å². The van der Waals surface area contributed by atoms with Crippen molar-refractivity contribution in [2.45, 2.75) is 45.1 Å². The fourth-order valence-corrected chi connectivity index (χ4v) is 4.21. The molecule has 0 spiro atoms. The first-order valence-electron chi connectivity index (χ1n) is 7.27. The van der Waals surface area contributed by atoms with Gasteiger partial charge in [0.2, 0.25) is 5.91 Å². The highest BCUT2D eigenvalue weighted by Gasteiger charge is 2.36. The van der Waals surface area contributed by atoms with Gasteiger partial charge in [0.05, 0.1) is 11.5 Å². The first kappa shape index (κ1) is 15.8. The van der Waals surface area contributed by atoms with Gasteiger partial charge >= 0.3 is 0 Å². The Morgan fingerprint density at radius 3 is 3.10 bits per heavy atom. The van der Waals surface area contributed by atoms with Crippen LogP contribution >= 0.6 is 23.7 Å². The Balaban J connectivity index is 0.00000147. The van der Waals surface area contributed by atoms with Gasteiger partial charge < -0.3 is 10.6 Å². The zero-order valence-electron chi connectivity index (χ0n) is 11.9. The number of hydrogen-bond donors (Lipinski definition) is 2. The summed E-state index contributed by atoms with van der Waals surface area (Å²) in [5.41, 5.74) is 1.13. The van der Waals surface area contributed by atoms with Crippen molar-refractivity contribution in [3.8, 4) is 0 Å². The van der Waals surface area contributed by atoms with Crippen LogP contribution in [0.3, 0.4) is 0 Å². The van der Waals surface area contributed by atoms with E-state index >= 15 is 0 Å². The highest BCUT2D eigenvalue weighted by molar-refractivity contribution is 7.10. The second kappa shape index (κ2) is 6.46. The van der Waals surface area contributed by atoms with Crippen LogP contribution in [0.15, 0.2) is 11.4 Å². The molecule has 0 saturated carbocycles. The van der Waals surface area contributed by atoms with E-state index in [1.54, 1.807) is 0 Å². The first-order chi connectivity index (χ1) is 9.19. The summed E-state index contributed by atoms with van der Waals surface area (Å²) >= 11 is 1.83. The molecule has 5 heteroatoms. The summed E-state index contributed by atoms with van der Waals surface area (Å²) in [5, 5.41) is 8.80. The number of piperidine rings is 1. The molecule has 112 valence electrons. The van der Waals surface area contributed by atoms with Gasteiger partial charge in [-0.25, -0.2) is 0 Å². The topological polar surface area (TPSA) is 41.1 Å². The van der Waals surface area contributed by atoms with E-state index in [-0.39, 0.29) is 29.8 Å². The Kier molecular flexibility index (Phi) is 5.10. The molecule has 2 unspecified atom stereocenters. The minimum Gasteiger partial charge on any atom is -0.349 e. The lowest BCUT2D eigenvalue weighted by Gasteiger charge is -2.35. The third-order valence-electron chi connectivity index (χ3n) is 4.50. The van der Waals surface area contributed by atoms with Crippen LogP contribution in [0.1, 0.15) is 49.1 Å². The van der Waals surface area contributed by atoms with Crippen molar-refractivity contribution in [1.82, 2.24) is 10.6 Å². The van der Waals surface area contributed by atoms with Gasteiger partial charge in [0.25, 0.3) is 0 Å². The van der Waals surface area contributed by atoms with Crippen molar-refractivity contribution in [2.24, 2.45) is 5.41 Å². The summed E-state index contributed by atoms with van der Waals surface area (Å²) in [4.78, 5) is 14.0. The smallest absolute Gasteiger partial charge is 0.227 e. The molecule has 2 aliphatic rings. The molecule has 0 bridgehead atoms. The fourth-order valence-electron chi connectivity index (χ4n) is 3.22. The third-order valence-corrected chi connectivity index (χ3v) is 5.50. The van der Waals surface area contributed by atoms with E-state index in [9.17, 15) is 4.79 Å². The number of fused-ring (bicyclic) bond motifs is 1. The molecule has 1 aromatic heterocycles. The van der Waals surface area contributed by atoms with Crippen molar-refractivity contribution in [1.29, 1.82) is 0 Å².